The van der Waals surface area contributed by atoms with Gasteiger partial charge in [-0.1, -0.05) is 0 Å². The molecule has 2 aliphatic rings. The molecular weight excluding hydrogens is 361 g/mol. The summed E-state index contributed by atoms with van der Waals surface area (Å²) in [7, 11) is -3.97. The van der Waals surface area contributed by atoms with Gasteiger partial charge in [-0.3, -0.25) is 10.1 Å². The van der Waals surface area contributed by atoms with E-state index >= 15 is 0 Å². The van der Waals surface area contributed by atoms with Crippen LogP contribution in [0.15, 0.2) is 17.0 Å². The monoisotopic (exact) mass is 379 g/mol. The van der Waals surface area contributed by atoms with Crippen molar-refractivity contribution in [1.29, 1.82) is 0 Å². The predicted octanol–water partition coefficient (Wildman–Crippen LogP) is 1.82. The molecule has 2 fully saturated rings. The Bertz CT molecular complexity index is 774. The standard InChI is InChI=1S/C14H18FN3O4S.ClH/c1-8-12(15)4-10(5-14(8)18(19)20)23(21,22)17-6-9-2-3-13(16)11(9)7-17;/h4-5,9,11,13H,2-3,6-7,16H2,1H3;1H. The van der Waals surface area contributed by atoms with E-state index in [1.54, 1.807) is 0 Å². The Kier molecular flexibility index (Phi) is 5.19. The smallest absolute Gasteiger partial charge is 0.276 e. The number of hydrogen-bond acceptors (Lipinski definition) is 5. The zero-order valence-corrected chi connectivity index (χ0v) is 14.6. The van der Waals surface area contributed by atoms with E-state index in [0.29, 0.717) is 6.54 Å². The minimum absolute atomic E-state index is 0. The second-order valence-corrected chi connectivity index (χ2v) is 8.23. The van der Waals surface area contributed by atoms with Gasteiger partial charge in [0.1, 0.15) is 5.82 Å². The average molecular weight is 380 g/mol. The first-order valence-electron chi connectivity index (χ1n) is 7.42. The van der Waals surface area contributed by atoms with Crippen LogP contribution in [0.5, 0.6) is 0 Å². The molecule has 0 amide bonds. The van der Waals surface area contributed by atoms with Crippen molar-refractivity contribution in [2.75, 3.05) is 13.1 Å². The fraction of sp³-hybridized carbons (Fsp3) is 0.571. The number of halogens is 2. The summed E-state index contributed by atoms with van der Waals surface area (Å²) in [6.07, 6.45) is 1.76. The maximum atomic E-state index is 13.9. The van der Waals surface area contributed by atoms with Crippen molar-refractivity contribution in [2.24, 2.45) is 17.6 Å². The number of sulfonamides is 1. The van der Waals surface area contributed by atoms with Gasteiger partial charge in [0.2, 0.25) is 10.0 Å². The number of nitro benzene ring substituents is 1. The molecule has 0 aromatic heterocycles. The van der Waals surface area contributed by atoms with Crippen LogP contribution in [0, 0.1) is 34.7 Å². The number of nitro groups is 1. The topological polar surface area (TPSA) is 107 Å². The van der Waals surface area contributed by atoms with Gasteiger partial charge in [0, 0.05) is 25.2 Å². The van der Waals surface area contributed by atoms with Gasteiger partial charge in [-0.15, -0.1) is 12.4 Å². The van der Waals surface area contributed by atoms with Gasteiger partial charge in [0.15, 0.2) is 0 Å². The van der Waals surface area contributed by atoms with Crippen molar-refractivity contribution in [2.45, 2.75) is 30.7 Å². The van der Waals surface area contributed by atoms with Crippen molar-refractivity contribution in [1.82, 2.24) is 4.31 Å². The van der Waals surface area contributed by atoms with Crippen LogP contribution < -0.4 is 5.73 Å². The highest BCUT2D eigenvalue weighted by Crippen LogP contribution is 2.39. The first kappa shape index (κ1) is 19.0. The molecule has 24 heavy (non-hydrogen) atoms. The van der Waals surface area contributed by atoms with Gasteiger partial charge >= 0.3 is 0 Å². The minimum Gasteiger partial charge on any atom is -0.327 e. The Balaban J connectivity index is 0.00000208. The second kappa shape index (κ2) is 6.55. The summed E-state index contributed by atoms with van der Waals surface area (Å²) in [4.78, 5) is 9.84. The molecule has 1 aliphatic carbocycles. The quantitative estimate of drug-likeness (QED) is 0.636. The summed E-state index contributed by atoms with van der Waals surface area (Å²) in [5.41, 5.74) is 5.30. The van der Waals surface area contributed by atoms with Crippen LogP contribution in [0.2, 0.25) is 0 Å². The van der Waals surface area contributed by atoms with E-state index in [4.69, 9.17) is 5.73 Å². The van der Waals surface area contributed by atoms with E-state index in [-0.39, 0.29) is 47.3 Å². The van der Waals surface area contributed by atoms with Crippen molar-refractivity contribution in [3.63, 3.8) is 0 Å². The molecule has 10 heteroatoms. The van der Waals surface area contributed by atoms with Crippen LogP contribution in [0.25, 0.3) is 0 Å². The molecule has 3 atom stereocenters. The third-order valence-electron chi connectivity index (χ3n) is 5.00. The molecule has 3 unspecified atom stereocenters. The van der Waals surface area contributed by atoms with E-state index in [9.17, 15) is 22.9 Å². The summed E-state index contributed by atoms with van der Waals surface area (Å²) in [5, 5.41) is 11.0. The van der Waals surface area contributed by atoms with Crippen LogP contribution in [-0.2, 0) is 10.0 Å². The SMILES string of the molecule is Cc1c(F)cc(S(=O)(=O)N2CC3CCC(N)C3C2)cc1[N+](=O)[O-].Cl. The molecule has 1 saturated carbocycles. The van der Waals surface area contributed by atoms with Gasteiger partial charge in [0.05, 0.1) is 15.4 Å². The van der Waals surface area contributed by atoms with E-state index < -0.39 is 26.5 Å². The molecule has 0 bridgehead atoms. The summed E-state index contributed by atoms with van der Waals surface area (Å²) < 4.78 is 40.6. The Labute approximate surface area is 145 Å². The maximum Gasteiger partial charge on any atom is 0.276 e. The van der Waals surface area contributed by atoms with E-state index in [2.05, 4.69) is 0 Å². The highest BCUT2D eigenvalue weighted by molar-refractivity contribution is 7.89. The summed E-state index contributed by atoms with van der Waals surface area (Å²) >= 11 is 0. The first-order chi connectivity index (χ1) is 10.7. The largest absolute Gasteiger partial charge is 0.327 e. The Hall–Kier alpha value is -1.29. The lowest BCUT2D eigenvalue weighted by molar-refractivity contribution is -0.385. The highest BCUT2D eigenvalue weighted by atomic mass is 35.5. The highest BCUT2D eigenvalue weighted by Gasteiger charge is 2.45. The lowest BCUT2D eigenvalue weighted by atomic mass is 9.98. The zero-order valence-electron chi connectivity index (χ0n) is 13.0. The fourth-order valence-corrected chi connectivity index (χ4v) is 5.16. The molecule has 1 saturated heterocycles. The van der Waals surface area contributed by atoms with Crippen molar-refractivity contribution in [3.05, 3.63) is 33.6 Å². The normalized spacial score (nSPS) is 26.9. The van der Waals surface area contributed by atoms with E-state index in [1.807, 2.05) is 0 Å². The van der Waals surface area contributed by atoms with Gasteiger partial charge in [-0.2, -0.15) is 4.31 Å². The summed E-state index contributed by atoms with van der Waals surface area (Å²) in [5.74, 6) is -0.575. The molecule has 3 rings (SSSR count). The molecule has 0 radical (unpaired) electrons. The Morgan fingerprint density at radius 2 is 2.00 bits per heavy atom. The van der Waals surface area contributed by atoms with Crippen LogP contribution >= 0.6 is 12.4 Å². The van der Waals surface area contributed by atoms with Gasteiger partial charge in [0.25, 0.3) is 5.69 Å². The first-order valence-corrected chi connectivity index (χ1v) is 8.86. The Morgan fingerprint density at radius 1 is 1.33 bits per heavy atom. The number of nitrogens with zero attached hydrogens (tertiary/aromatic N) is 2. The zero-order chi connectivity index (χ0) is 16.9. The number of fused-ring (bicyclic) bond motifs is 1. The van der Waals surface area contributed by atoms with Gasteiger partial charge in [-0.25, -0.2) is 12.8 Å². The number of nitrogens with two attached hydrogens (primary N) is 1. The summed E-state index contributed by atoms with van der Waals surface area (Å²) in [6.45, 7) is 1.88. The van der Waals surface area contributed by atoms with E-state index in [0.717, 1.165) is 25.0 Å². The van der Waals surface area contributed by atoms with Crippen molar-refractivity contribution < 1.29 is 17.7 Å². The molecule has 1 aromatic rings. The van der Waals surface area contributed by atoms with Crippen LogP contribution in [0.1, 0.15) is 18.4 Å². The van der Waals surface area contributed by atoms with Crippen molar-refractivity contribution in [3.8, 4) is 0 Å². The number of benzene rings is 1. The molecular formula is C14H19ClFN3O4S. The minimum atomic E-state index is -3.97. The fourth-order valence-electron chi connectivity index (χ4n) is 3.59. The Morgan fingerprint density at radius 3 is 2.58 bits per heavy atom. The van der Waals surface area contributed by atoms with Crippen LogP contribution in [0.4, 0.5) is 10.1 Å². The third kappa shape index (κ3) is 3.01. The molecule has 2 N–H and O–H groups in total. The molecule has 0 spiro atoms. The molecule has 1 heterocycles. The molecule has 1 aliphatic heterocycles. The summed E-state index contributed by atoms with van der Waals surface area (Å²) in [6, 6.07) is 1.76. The maximum absolute atomic E-state index is 13.9. The van der Waals surface area contributed by atoms with Crippen LogP contribution in [0.3, 0.4) is 0 Å². The van der Waals surface area contributed by atoms with Gasteiger partial charge < -0.3 is 5.73 Å². The second-order valence-electron chi connectivity index (χ2n) is 6.29. The number of hydrogen-bond donors (Lipinski definition) is 1. The molecule has 1 aromatic carbocycles. The van der Waals surface area contributed by atoms with E-state index in [1.165, 1.54) is 11.2 Å². The molecule has 7 nitrogen and oxygen atoms in total. The van der Waals surface area contributed by atoms with Crippen LogP contribution in [-0.4, -0.2) is 36.8 Å². The predicted molar refractivity (Wildman–Crippen MR) is 88.0 cm³/mol. The van der Waals surface area contributed by atoms with Gasteiger partial charge in [-0.05, 0) is 37.7 Å². The number of rotatable bonds is 3. The third-order valence-corrected chi connectivity index (χ3v) is 6.81. The lowest BCUT2D eigenvalue weighted by Crippen LogP contribution is -2.33. The lowest BCUT2D eigenvalue weighted by Gasteiger charge is -2.19. The molecule has 134 valence electrons. The van der Waals surface area contributed by atoms with Crippen molar-refractivity contribution >= 4 is 28.1 Å². The average Bonchev–Trinajstić information content (AvgIpc) is 3.04.